The normalized spacial score (nSPS) is 14.8. The van der Waals surface area contributed by atoms with Crippen LogP contribution < -0.4 is 14.8 Å². The number of hydrogen-bond acceptors (Lipinski definition) is 5. The van der Waals surface area contributed by atoms with Gasteiger partial charge in [0.25, 0.3) is 0 Å². The van der Waals surface area contributed by atoms with Crippen molar-refractivity contribution in [2.24, 2.45) is 0 Å². The molecule has 0 saturated carbocycles. The fourth-order valence-electron chi connectivity index (χ4n) is 4.07. The zero-order valence-corrected chi connectivity index (χ0v) is 19.8. The van der Waals surface area contributed by atoms with Crippen molar-refractivity contribution in [1.82, 2.24) is 15.0 Å². The Morgan fingerprint density at radius 2 is 1.74 bits per heavy atom. The van der Waals surface area contributed by atoms with E-state index in [2.05, 4.69) is 15.6 Å². The summed E-state index contributed by atoms with van der Waals surface area (Å²) < 4.78 is 95.5. The largest absolute Gasteiger partial charge is 0.486 e. The molecular formula is C26H18F6N4O3. The number of carbonyl (C=O) groups excluding carboxylic acids is 1. The summed E-state index contributed by atoms with van der Waals surface area (Å²) >= 11 is 0. The highest BCUT2D eigenvalue weighted by molar-refractivity contribution is 5.92. The van der Waals surface area contributed by atoms with E-state index in [-0.39, 0.29) is 24.5 Å². The Morgan fingerprint density at radius 3 is 2.46 bits per heavy atom. The maximum absolute atomic E-state index is 14.9. The van der Waals surface area contributed by atoms with E-state index in [4.69, 9.17) is 9.47 Å². The van der Waals surface area contributed by atoms with E-state index in [1.807, 2.05) is 6.07 Å². The molecule has 0 fully saturated rings. The van der Waals surface area contributed by atoms with Gasteiger partial charge in [-0.25, -0.2) is 17.9 Å². The highest BCUT2D eigenvalue weighted by atomic mass is 19.4. The monoisotopic (exact) mass is 548 g/mol. The van der Waals surface area contributed by atoms with E-state index < -0.39 is 58.8 Å². The smallest absolute Gasteiger partial charge is 0.419 e. The first-order valence-electron chi connectivity index (χ1n) is 11.5. The van der Waals surface area contributed by atoms with E-state index >= 15 is 0 Å². The second-order valence-electron chi connectivity index (χ2n) is 8.64. The van der Waals surface area contributed by atoms with Crippen LogP contribution in [0.25, 0.3) is 11.3 Å². The number of aromatic nitrogens is 3. The molecule has 1 unspecified atom stereocenters. The van der Waals surface area contributed by atoms with E-state index in [0.717, 1.165) is 24.3 Å². The standard InChI is InChI=1S/C26H18F6N4O3/c27-18-9-15(33-23(37)8-14-4-3-5-17(25(14)29)26(30,31)32)10-19(28)24(18)20-12-36(35-34-20)11-16-13-38-21-6-1-2-7-22(21)39-16/h1-7,9-10,12,16H,8,11,13H2,(H,33,37). The molecule has 1 amide bonds. The Labute approximate surface area is 217 Å². The molecule has 7 nitrogen and oxygen atoms in total. The number of nitrogens with zero attached hydrogens (tertiary/aromatic N) is 3. The van der Waals surface area contributed by atoms with Gasteiger partial charge in [-0.05, 0) is 35.9 Å². The summed E-state index contributed by atoms with van der Waals surface area (Å²) in [5.74, 6) is -3.56. The molecule has 1 N–H and O–H groups in total. The minimum atomic E-state index is -4.94. The van der Waals surface area contributed by atoms with Crippen LogP contribution in [0, 0.1) is 17.5 Å². The van der Waals surface area contributed by atoms with Gasteiger partial charge in [0.05, 0.1) is 30.3 Å². The number of ether oxygens (including phenoxy) is 2. The molecular weight excluding hydrogens is 530 g/mol. The molecule has 1 aromatic heterocycles. The van der Waals surface area contributed by atoms with Gasteiger partial charge < -0.3 is 14.8 Å². The predicted molar refractivity (Wildman–Crippen MR) is 125 cm³/mol. The maximum atomic E-state index is 14.9. The molecule has 0 radical (unpaired) electrons. The zero-order valence-electron chi connectivity index (χ0n) is 19.8. The number of anilines is 1. The van der Waals surface area contributed by atoms with Crippen LogP contribution in [0.4, 0.5) is 32.0 Å². The lowest BCUT2D eigenvalue weighted by molar-refractivity contribution is -0.140. The Kier molecular flexibility index (Phi) is 6.89. The van der Waals surface area contributed by atoms with Crippen LogP contribution in [0.2, 0.25) is 0 Å². The summed E-state index contributed by atoms with van der Waals surface area (Å²) in [5.41, 5.74) is -2.98. The second kappa shape index (κ2) is 10.3. The van der Waals surface area contributed by atoms with E-state index in [9.17, 15) is 31.1 Å². The first kappa shape index (κ1) is 26.1. The van der Waals surface area contributed by atoms with Crippen LogP contribution in [0.5, 0.6) is 11.5 Å². The van der Waals surface area contributed by atoms with Gasteiger partial charge in [-0.3, -0.25) is 4.79 Å². The molecule has 1 atom stereocenters. The fraction of sp³-hybridized carbons (Fsp3) is 0.192. The number of benzene rings is 3. The number of carbonyl (C=O) groups is 1. The number of rotatable bonds is 6. The molecule has 202 valence electrons. The van der Waals surface area contributed by atoms with Crippen molar-refractivity contribution < 1.29 is 40.6 Å². The topological polar surface area (TPSA) is 78.3 Å². The molecule has 13 heteroatoms. The highest BCUT2D eigenvalue weighted by Crippen LogP contribution is 2.33. The number of para-hydroxylation sites is 2. The number of alkyl halides is 3. The molecule has 5 rings (SSSR count). The van der Waals surface area contributed by atoms with Gasteiger partial charge in [0, 0.05) is 5.69 Å². The van der Waals surface area contributed by atoms with Gasteiger partial charge in [-0.15, -0.1) is 5.10 Å². The van der Waals surface area contributed by atoms with Crippen molar-refractivity contribution in [3.63, 3.8) is 0 Å². The summed E-state index contributed by atoms with van der Waals surface area (Å²) in [5, 5.41) is 9.87. The van der Waals surface area contributed by atoms with Gasteiger partial charge >= 0.3 is 6.18 Å². The van der Waals surface area contributed by atoms with Crippen molar-refractivity contribution in [2.75, 3.05) is 11.9 Å². The van der Waals surface area contributed by atoms with Crippen LogP contribution in [0.15, 0.2) is 60.8 Å². The zero-order chi connectivity index (χ0) is 27.7. The first-order valence-corrected chi connectivity index (χ1v) is 11.5. The van der Waals surface area contributed by atoms with Crippen LogP contribution in [0.3, 0.4) is 0 Å². The second-order valence-corrected chi connectivity index (χ2v) is 8.64. The van der Waals surface area contributed by atoms with Gasteiger partial charge in [0.1, 0.15) is 29.8 Å². The average Bonchev–Trinajstić information content (AvgIpc) is 3.31. The number of amides is 1. The quantitative estimate of drug-likeness (QED) is 0.327. The fourth-order valence-corrected chi connectivity index (χ4v) is 4.07. The molecule has 39 heavy (non-hydrogen) atoms. The molecule has 0 aliphatic carbocycles. The third-order valence-electron chi connectivity index (χ3n) is 5.81. The molecule has 1 aliphatic rings. The minimum Gasteiger partial charge on any atom is -0.486 e. The molecule has 0 bridgehead atoms. The number of hydrogen-bond donors (Lipinski definition) is 1. The molecule has 0 spiro atoms. The molecule has 1 aliphatic heterocycles. The number of fused-ring (bicyclic) bond motifs is 1. The van der Waals surface area contributed by atoms with E-state index in [0.29, 0.717) is 17.6 Å². The van der Waals surface area contributed by atoms with Crippen LogP contribution in [0.1, 0.15) is 11.1 Å². The van der Waals surface area contributed by atoms with Gasteiger partial charge in [0.2, 0.25) is 5.91 Å². The Morgan fingerprint density at radius 1 is 1.03 bits per heavy atom. The van der Waals surface area contributed by atoms with Crippen molar-refractivity contribution in [1.29, 1.82) is 0 Å². The molecule has 4 aromatic rings. The molecule has 0 saturated heterocycles. The van der Waals surface area contributed by atoms with Crippen molar-refractivity contribution in [2.45, 2.75) is 25.2 Å². The lowest BCUT2D eigenvalue weighted by Crippen LogP contribution is -2.33. The SMILES string of the molecule is O=C(Cc1cccc(C(F)(F)F)c1F)Nc1cc(F)c(-c2cn(CC3COc4ccccc4O3)nn2)c(F)c1. The van der Waals surface area contributed by atoms with Crippen molar-refractivity contribution in [3.05, 3.63) is 89.4 Å². The summed E-state index contributed by atoms with van der Waals surface area (Å²) in [4.78, 5) is 12.3. The average molecular weight is 548 g/mol. The first-order chi connectivity index (χ1) is 18.6. The summed E-state index contributed by atoms with van der Waals surface area (Å²) in [6, 6.07) is 11.3. The molecule has 2 heterocycles. The minimum absolute atomic E-state index is 0.119. The Balaban J connectivity index is 1.27. The lowest BCUT2D eigenvalue weighted by Gasteiger charge is -2.26. The Bertz CT molecular complexity index is 1520. The third-order valence-corrected chi connectivity index (χ3v) is 5.81. The van der Waals surface area contributed by atoms with Crippen LogP contribution in [-0.4, -0.2) is 33.6 Å². The van der Waals surface area contributed by atoms with Gasteiger partial charge in [-0.2, -0.15) is 13.2 Å². The summed E-state index contributed by atoms with van der Waals surface area (Å²) in [6.45, 7) is 0.415. The van der Waals surface area contributed by atoms with Crippen LogP contribution in [-0.2, 0) is 23.9 Å². The van der Waals surface area contributed by atoms with E-state index in [1.54, 1.807) is 18.2 Å². The number of halogens is 6. The number of nitrogens with one attached hydrogen (secondary N) is 1. The van der Waals surface area contributed by atoms with Crippen molar-refractivity contribution >= 4 is 11.6 Å². The summed E-state index contributed by atoms with van der Waals surface area (Å²) in [7, 11) is 0. The highest BCUT2D eigenvalue weighted by Gasteiger charge is 2.35. The Hall–Kier alpha value is -4.55. The lowest BCUT2D eigenvalue weighted by atomic mass is 10.1. The molecule has 3 aromatic carbocycles. The van der Waals surface area contributed by atoms with Crippen molar-refractivity contribution in [3.8, 4) is 22.8 Å². The van der Waals surface area contributed by atoms with Crippen LogP contribution >= 0.6 is 0 Å². The third kappa shape index (κ3) is 5.66. The van der Waals surface area contributed by atoms with Gasteiger partial charge in [-0.1, -0.05) is 29.5 Å². The summed E-state index contributed by atoms with van der Waals surface area (Å²) in [6.07, 6.45) is -4.83. The van der Waals surface area contributed by atoms with E-state index in [1.165, 1.54) is 10.9 Å². The maximum Gasteiger partial charge on any atom is 0.419 e. The van der Waals surface area contributed by atoms with Gasteiger partial charge in [0.15, 0.2) is 17.6 Å². The predicted octanol–water partition coefficient (Wildman–Crippen LogP) is 5.40.